The fraction of sp³-hybridized carbons (Fsp3) is 0.348. The number of aromatic nitrogens is 4. The molecule has 2 fully saturated rings. The summed E-state index contributed by atoms with van der Waals surface area (Å²) in [6, 6.07) is 8.22. The van der Waals surface area contributed by atoms with E-state index in [0.29, 0.717) is 34.6 Å². The highest BCUT2D eigenvalue weighted by atomic mass is 19.1. The van der Waals surface area contributed by atoms with Crippen molar-refractivity contribution in [2.24, 2.45) is 5.92 Å². The van der Waals surface area contributed by atoms with Crippen LogP contribution in [0.25, 0.3) is 22.5 Å². The Labute approximate surface area is 178 Å². The summed E-state index contributed by atoms with van der Waals surface area (Å²) >= 11 is 0. The van der Waals surface area contributed by atoms with E-state index >= 15 is 0 Å². The fourth-order valence-corrected chi connectivity index (χ4v) is 4.82. The van der Waals surface area contributed by atoms with Crippen LogP contribution in [-0.4, -0.2) is 42.8 Å². The van der Waals surface area contributed by atoms with Gasteiger partial charge in [-0.3, -0.25) is 0 Å². The largest absolute Gasteiger partial charge is 0.507 e. The second kappa shape index (κ2) is 7.23. The molecule has 2 aliphatic rings. The predicted molar refractivity (Wildman–Crippen MR) is 113 cm³/mol. The summed E-state index contributed by atoms with van der Waals surface area (Å²) in [6.07, 6.45) is 3.81. The van der Waals surface area contributed by atoms with Gasteiger partial charge in [0.2, 0.25) is 0 Å². The molecule has 8 heteroatoms. The van der Waals surface area contributed by atoms with Crippen LogP contribution < -0.4 is 5.32 Å². The Hall–Kier alpha value is -3.13. The van der Waals surface area contributed by atoms with E-state index in [1.807, 2.05) is 0 Å². The van der Waals surface area contributed by atoms with Gasteiger partial charge in [0.05, 0.1) is 29.5 Å². The number of phenols is 1. The lowest BCUT2D eigenvalue weighted by molar-refractivity contribution is 0.135. The first-order valence-corrected chi connectivity index (χ1v) is 10.3. The van der Waals surface area contributed by atoms with E-state index in [0.717, 1.165) is 19.0 Å². The summed E-state index contributed by atoms with van der Waals surface area (Å²) in [4.78, 5) is 0. The van der Waals surface area contributed by atoms with Gasteiger partial charge in [-0.25, -0.2) is 13.5 Å². The van der Waals surface area contributed by atoms with E-state index in [2.05, 4.69) is 34.1 Å². The molecule has 0 radical (unpaired) electrons. The zero-order valence-corrected chi connectivity index (χ0v) is 17.1. The maximum atomic E-state index is 15.0. The van der Waals surface area contributed by atoms with Crippen LogP contribution in [0.5, 0.6) is 5.75 Å². The van der Waals surface area contributed by atoms with Crippen LogP contribution in [0.15, 0.2) is 49.3 Å². The first-order chi connectivity index (χ1) is 14.8. The molecule has 2 saturated heterocycles. The first kappa shape index (κ1) is 19.8. The van der Waals surface area contributed by atoms with Crippen molar-refractivity contribution >= 4 is 5.57 Å². The molecule has 0 saturated carbocycles. The number of benzene rings is 1. The molecule has 6 nitrogen and oxygen atoms in total. The molecule has 2 N–H and O–H groups in total. The molecular formula is C23H23F2N5O. The second-order valence-electron chi connectivity index (χ2n) is 8.74. The van der Waals surface area contributed by atoms with Crippen LogP contribution in [0.2, 0.25) is 0 Å². The van der Waals surface area contributed by atoms with E-state index < -0.39 is 12.0 Å². The number of aromatic hydroxyl groups is 1. The molecule has 4 heterocycles. The molecule has 31 heavy (non-hydrogen) atoms. The summed E-state index contributed by atoms with van der Waals surface area (Å²) in [7, 11) is 0. The highest BCUT2D eigenvalue weighted by Crippen LogP contribution is 2.44. The number of rotatable bonds is 4. The second-order valence-corrected chi connectivity index (χ2v) is 8.74. The van der Waals surface area contributed by atoms with Gasteiger partial charge < -0.3 is 10.4 Å². The van der Waals surface area contributed by atoms with Gasteiger partial charge in [0.1, 0.15) is 11.9 Å². The van der Waals surface area contributed by atoms with Gasteiger partial charge in [0.25, 0.3) is 0 Å². The zero-order valence-electron chi connectivity index (χ0n) is 17.1. The number of phenolic OH excluding ortho intramolecular Hbond substituents is 1. The van der Waals surface area contributed by atoms with Crippen molar-refractivity contribution in [1.29, 1.82) is 0 Å². The van der Waals surface area contributed by atoms with Gasteiger partial charge in [-0.15, -0.1) is 5.10 Å². The smallest absolute Gasteiger partial charge is 0.161 e. The molecule has 2 bridgehead atoms. The Morgan fingerprint density at radius 3 is 2.81 bits per heavy atom. The first-order valence-electron chi connectivity index (χ1n) is 10.3. The SMILES string of the molecule is C=C(c1ccc(-c2ccc(-n3cc(F)cn3)cc2O)nn1)[C@H]1C[C@]2(C)CCC(N2)[C@H]1F. The number of hydrogen-bond acceptors (Lipinski definition) is 5. The number of piperidine rings is 1. The number of nitrogens with one attached hydrogen (secondary N) is 1. The summed E-state index contributed by atoms with van der Waals surface area (Å²) in [5.41, 5.74) is 2.64. The topological polar surface area (TPSA) is 75.9 Å². The summed E-state index contributed by atoms with van der Waals surface area (Å²) in [5, 5.41) is 26.2. The number of halogens is 2. The molecule has 2 aromatic heterocycles. The molecule has 160 valence electrons. The van der Waals surface area contributed by atoms with E-state index in [1.54, 1.807) is 24.3 Å². The van der Waals surface area contributed by atoms with Gasteiger partial charge in [0, 0.05) is 29.1 Å². The fourth-order valence-electron chi connectivity index (χ4n) is 4.82. The highest BCUT2D eigenvalue weighted by Gasteiger charge is 2.49. The van der Waals surface area contributed by atoms with Crippen molar-refractivity contribution in [3.05, 3.63) is 60.8 Å². The predicted octanol–water partition coefficient (Wildman–Crippen LogP) is 4.06. The normalized spacial score (nSPS) is 27.4. The maximum absolute atomic E-state index is 15.0. The van der Waals surface area contributed by atoms with E-state index in [9.17, 15) is 13.9 Å². The lowest BCUT2D eigenvalue weighted by atomic mass is 9.78. The Kier molecular flexibility index (Phi) is 4.62. The van der Waals surface area contributed by atoms with E-state index in [4.69, 9.17) is 0 Å². The Morgan fingerprint density at radius 1 is 1.29 bits per heavy atom. The molecule has 1 unspecified atom stereocenters. The number of hydrogen-bond donors (Lipinski definition) is 2. The molecule has 0 spiro atoms. The minimum Gasteiger partial charge on any atom is -0.507 e. The molecule has 4 atom stereocenters. The van der Waals surface area contributed by atoms with Crippen LogP contribution in [0.3, 0.4) is 0 Å². The molecule has 5 rings (SSSR count). The van der Waals surface area contributed by atoms with E-state index in [-0.39, 0.29) is 23.2 Å². The molecule has 3 aromatic rings. The Balaban J connectivity index is 1.37. The monoisotopic (exact) mass is 423 g/mol. The van der Waals surface area contributed by atoms with Crippen LogP contribution in [0.4, 0.5) is 8.78 Å². The molecule has 2 aliphatic heterocycles. The number of nitrogens with zero attached hydrogens (tertiary/aromatic N) is 4. The quantitative estimate of drug-likeness (QED) is 0.662. The third kappa shape index (κ3) is 3.50. The van der Waals surface area contributed by atoms with Gasteiger partial charge in [-0.2, -0.15) is 10.2 Å². The summed E-state index contributed by atoms with van der Waals surface area (Å²) < 4.78 is 29.5. The van der Waals surface area contributed by atoms with Gasteiger partial charge in [-0.05, 0) is 56.0 Å². The lowest BCUT2D eigenvalue weighted by Crippen LogP contribution is -2.53. The van der Waals surface area contributed by atoms with Gasteiger partial charge in [0.15, 0.2) is 5.82 Å². The van der Waals surface area contributed by atoms with Crippen molar-refractivity contribution in [2.75, 3.05) is 0 Å². The number of fused-ring (bicyclic) bond motifs is 2. The van der Waals surface area contributed by atoms with Gasteiger partial charge in [-0.1, -0.05) is 6.58 Å². The van der Waals surface area contributed by atoms with Crippen LogP contribution >= 0.6 is 0 Å². The zero-order chi connectivity index (χ0) is 21.8. The lowest BCUT2D eigenvalue weighted by Gasteiger charge is -2.39. The van der Waals surface area contributed by atoms with Crippen molar-refractivity contribution in [1.82, 2.24) is 25.3 Å². The average molecular weight is 423 g/mol. The average Bonchev–Trinajstić information content (AvgIpc) is 3.34. The summed E-state index contributed by atoms with van der Waals surface area (Å²) in [5.74, 6) is -0.779. The van der Waals surface area contributed by atoms with Crippen molar-refractivity contribution in [3.63, 3.8) is 0 Å². The molecular weight excluding hydrogens is 400 g/mol. The van der Waals surface area contributed by atoms with Gasteiger partial charge >= 0.3 is 0 Å². The maximum Gasteiger partial charge on any atom is 0.161 e. The van der Waals surface area contributed by atoms with Crippen molar-refractivity contribution in [3.8, 4) is 22.7 Å². The molecule has 0 amide bonds. The Bertz CT molecular complexity index is 1150. The van der Waals surface area contributed by atoms with Crippen LogP contribution in [0.1, 0.15) is 31.9 Å². The third-order valence-electron chi connectivity index (χ3n) is 6.49. The van der Waals surface area contributed by atoms with Crippen LogP contribution in [0, 0.1) is 11.7 Å². The number of alkyl halides is 1. The molecule has 0 aliphatic carbocycles. The highest BCUT2D eigenvalue weighted by molar-refractivity contribution is 5.70. The minimum atomic E-state index is -0.992. The molecule has 1 aromatic carbocycles. The van der Waals surface area contributed by atoms with E-state index in [1.165, 1.54) is 16.9 Å². The third-order valence-corrected chi connectivity index (χ3v) is 6.49. The standard InChI is InChI=1S/C23H23F2N5O/c1-13(17-10-23(2)8-7-20(27-23)22(17)25)18-5-6-19(29-28-18)16-4-3-15(9-21(16)31)30-12-14(24)11-26-30/h3-6,9,11-12,17,20,22,27,31H,1,7-8,10H2,2H3/t17-,20?,22+,23+/m1/s1. The minimum absolute atomic E-state index is 0.0269. The van der Waals surface area contributed by atoms with Crippen LogP contribution in [-0.2, 0) is 0 Å². The van der Waals surface area contributed by atoms with Crippen molar-refractivity contribution < 1.29 is 13.9 Å². The summed E-state index contributed by atoms with van der Waals surface area (Å²) in [6.45, 7) is 6.27. The van der Waals surface area contributed by atoms with Crippen molar-refractivity contribution in [2.45, 2.75) is 43.9 Å². The Morgan fingerprint density at radius 2 is 2.13 bits per heavy atom. The number of allylic oxidation sites excluding steroid dienone is 1.